The van der Waals surface area contributed by atoms with E-state index in [0.717, 1.165) is 24.0 Å². The molecule has 0 fully saturated rings. The highest BCUT2D eigenvalue weighted by Gasteiger charge is 2.31. The van der Waals surface area contributed by atoms with Gasteiger partial charge in [-0.2, -0.15) is 0 Å². The third kappa shape index (κ3) is 5.45. The molecule has 0 saturated heterocycles. The van der Waals surface area contributed by atoms with E-state index in [2.05, 4.69) is 11.9 Å². The largest absolute Gasteiger partial charge is 0.478 e. The van der Waals surface area contributed by atoms with E-state index < -0.39 is 18.0 Å². The summed E-state index contributed by atoms with van der Waals surface area (Å²) in [5.74, 6) is -1.39. The Morgan fingerprint density at radius 2 is 1.81 bits per heavy atom. The fourth-order valence-corrected chi connectivity index (χ4v) is 4.69. The summed E-state index contributed by atoms with van der Waals surface area (Å²) in [5, 5.41) is 19.7. The lowest BCUT2D eigenvalue weighted by Gasteiger charge is -2.19. The first kappa shape index (κ1) is 26.2. The first-order valence-electron chi connectivity index (χ1n) is 11.9. The Balaban J connectivity index is 1.82. The summed E-state index contributed by atoms with van der Waals surface area (Å²) < 4.78 is 13.1. The number of rotatable bonds is 11. The molecule has 2 aromatic heterocycles. The second kappa shape index (κ2) is 11.5. The second-order valence-corrected chi connectivity index (χ2v) is 8.92. The molecular weight excluding hydrogens is 496 g/mol. The van der Waals surface area contributed by atoms with Gasteiger partial charge in [0.1, 0.15) is 11.4 Å². The molecular formula is C28H27ClN2O6. The van der Waals surface area contributed by atoms with E-state index in [1.54, 1.807) is 12.1 Å². The zero-order chi connectivity index (χ0) is 26.5. The molecule has 2 N–H and O–H groups in total. The Hall–Kier alpha value is -3.88. The predicted molar refractivity (Wildman–Crippen MR) is 138 cm³/mol. The van der Waals surface area contributed by atoms with Crippen molar-refractivity contribution in [2.45, 2.75) is 38.8 Å². The third-order valence-corrected chi connectivity index (χ3v) is 6.46. The fraction of sp³-hybridized carbons (Fsp3) is 0.250. The average Bonchev–Trinajstić information content (AvgIpc) is 3.49. The quantitative estimate of drug-likeness (QED) is 0.237. The van der Waals surface area contributed by atoms with Gasteiger partial charge in [-0.25, -0.2) is 14.6 Å². The van der Waals surface area contributed by atoms with Crippen LogP contribution in [-0.4, -0.2) is 38.8 Å². The van der Waals surface area contributed by atoms with Gasteiger partial charge in [0.05, 0.1) is 17.5 Å². The molecule has 0 saturated carbocycles. The van der Waals surface area contributed by atoms with Crippen molar-refractivity contribution in [2.75, 3.05) is 7.11 Å². The number of imidazole rings is 1. The molecule has 4 aromatic rings. The zero-order valence-electron chi connectivity index (χ0n) is 20.5. The zero-order valence-corrected chi connectivity index (χ0v) is 21.2. The highest BCUT2D eigenvalue weighted by atomic mass is 35.5. The summed E-state index contributed by atoms with van der Waals surface area (Å²) in [4.78, 5) is 28.5. The van der Waals surface area contributed by atoms with Crippen LogP contribution in [0.3, 0.4) is 0 Å². The maximum atomic E-state index is 12.2. The number of carboxylic acid groups (broad SMARTS) is 2. The first-order chi connectivity index (χ1) is 17.8. The fourth-order valence-electron chi connectivity index (χ4n) is 4.40. The maximum absolute atomic E-state index is 12.2. The van der Waals surface area contributed by atoms with E-state index in [4.69, 9.17) is 20.8 Å². The van der Waals surface area contributed by atoms with Gasteiger partial charge >= 0.3 is 11.9 Å². The van der Waals surface area contributed by atoms with Gasteiger partial charge in [0.2, 0.25) is 0 Å². The van der Waals surface area contributed by atoms with Crippen LogP contribution in [0, 0.1) is 0 Å². The molecule has 0 radical (unpaired) electrons. The van der Waals surface area contributed by atoms with Crippen LogP contribution in [0.2, 0.25) is 5.15 Å². The van der Waals surface area contributed by atoms with Gasteiger partial charge in [-0.1, -0.05) is 67.4 Å². The lowest BCUT2D eigenvalue weighted by Crippen LogP contribution is -2.16. The first-order valence-corrected chi connectivity index (χ1v) is 12.2. The van der Waals surface area contributed by atoms with Gasteiger partial charge in [0.25, 0.3) is 0 Å². The number of halogens is 1. The van der Waals surface area contributed by atoms with Gasteiger partial charge in [-0.15, -0.1) is 0 Å². The molecule has 0 spiro atoms. The van der Waals surface area contributed by atoms with Crippen molar-refractivity contribution in [3.63, 3.8) is 0 Å². The number of carboxylic acids is 2. The van der Waals surface area contributed by atoms with Gasteiger partial charge in [-0.05, 0) is 35.2 Å². The molecule has 0 amide bonds. The molecule has 37 heavy (non-hydrogen) atoms. The molecule has 192 valence electrons. The number of aromatic nitrogens is 2. The van der Waals surface area contributed by atoms with E-state index in [1.807, 2.05) is 41.0 Å². The smallest absolute Gasteiger partial charge is 0.339 e. The van der Waals surface area contributed by atoms with E-state index >= 15 is 0 Å². The number of aromatic carboxylic acids is 2. The van der Waals surface area contributed by atoms with Crippen molar-refractivity contribution in [1.29, 1.82) is 0 Å². The predicted octanol–water partition coefficient (Wildman–Crippen LogP) is 6.32. The molecule has 0 bridgehead atoms. The molecule has 2 heterocycles. The average molecular weight is 523 g/mol. The van der Waals surface area contributed by atoms with Crippen molar-refractivity contribution in [2.24, 2.45) is 0 Å². The Morgan fingerprint density at radius 1 is 1.08 bits per heavy atom. The number of ether oxygens (including phenoxy) is 1. The normalized spacial score (nSPS) is 12.0. The van der Waals surface area contributed by atoms with Crippen LogP contribution in [0.1, 0.15) is 69.4 Å². The number of furan rings is 1. The Morgan fingerprint density at radius 3 is 2.46 bits per heavy atom. The standard InChI is InChI=1S/C28H27ClN2O6/c1-3-4-10-22-30-26(29)23(25(36-2)24-20(27(32)33)13-14-37-24)31(22)16-17-11-12-19(21(15-17)28(34)35)18-8-6-5-7-9-18/h5-9,11-15,25H,3-4,10,16H2,1-2H3,(H,32,33)(H,34,35). The van der Waals surface area contributed by atoms with Crippen molar-refractivity contribution in [1.82, 2.24) is 9.55 Å². The summed E-state index contributed by atoms with van der Waals surface area (Å²) >= 11 is 6.61. The van der Waals surface area contributed by atoms with Crippen molar-refractivity contribution >= 4 is 23.5 Å². The molecule has 2 aromatic carbocycles. The number of unbranched alkanes of at least 4 members (excludes halogenated alkanes) is 1. The monoisotopic (exact) mass is 522 g/mol. The van der Waals surface area contributed by atoms with Crippen LogP contribution >= 0.6 is 11.6 Å². The molecule has 1 unspecified atom stereocenters. The second-order valence-electron chi connectivity index (χ2n) is 8.56. The number of hydrogen-bond donors (Lipinski definition) is 2. The SMILES string of the molecule is CCCCc1nc(Cl)c(C(OC)c2occc2C(=O)O)n1Cc1ccc(-c2ccccc2)c(C(=O)O)c1. The summed E-state index contributed by atoms with van der Waals surface area (Å²) in [7, 11) is 1.44. The lowest BCUT2D eigenvalue weighted by molar-refractivity contribution is 0.0672. The molecule has 0 aliphatic carbocycles. The van der Waals surface area contributed by atoms with E-state index in [0.29, 0.717) is 23.5 Å². The maximum Gasteiger partial charge on any atom is 0.339 e. The van der Waals surface area contributed by atoms with Gasteiger partial charge < -0.3 is 23.9 Å². The minimum Gasteiger partial charge on any atom is -0.478 e. The Kier molecular flexibility index (Phi) is 8.11. The van der Waals surface area contributed by atoms with Crippen LogP contribution in [0.15, 0.2) is 65.3 Å². The van der Waals surface area contributed by atoms with Crippen molar-refractivity contribution in [3.8, 4) is 11.1 Å². The molecule has 9 heteroatoms. The number of methoxy groups -OCH3 is 1. The number of hydrogen-bond acceptors (Lipinski definition) is 5. The molecule has 4 rings (SSSR count). The summed E-state index contributed by atoms with van der Waals surface area (Å²) in [6, 6.07) is 16.0. The van der Waals surface area contributed by atoms with E-state index in [9.17, 15) is 19.8 Å². The van der Waals surface area contributed by atoms with E-state index in [1.165, 1.54) is 19.4 Å². The summed E-state index contributed by atoms with van der Waals surface area (Å²) in [6.07, 6.45) is 2.78. The number of carbonyl (C=O) groups is 2. The highest BCUT2D eigenvalue weighted by molar-refractivity contribution is 6.30. The van der Waals surface area contributed by atoms with Crippen LogP contribution < -0.4 is 0 Å². The summed E-state index contributed by atoms with van der Waals surface area (Å²) in [6.45, 7) is 2.32. The van der Waals surface area contributed by atoms with Gasteiger partial charge in [0, 0.05) is 20.1 Å². The Bertz CT molecular complexity index is 1410. The van der Waals surface area contributed by atoms with Gasteiger partial charge in [0.15, 0.2) is 17.0 Å². The third-order valence-electron chi connectivity index (χ3n) is 6.18. The Labute approximate surface area is 219 Å². The topological polar surface area (TPSA) is 115 Å². The van der Waals surface area contributed by atoms with E-state index in [-0.39, 0.29) is 28.6 Å². The molecule has 8 nitrogen and oxygen atoms in total. The molecule has 1 atom stereocenters. The van der Waals surface area contributed by atoms with Crippen LogP contribution in [-0.2, 0) is 17.7 Å². The molecule has 0 aliphatic rings. The number of aryl methyl sites for hydroxylation is 1. The minimum absolute atomic E-state index is 0.0360. The van der Waals surface area contributed by atoms with Gasteiger partial charge in [-0.3, -0.25) is 0 Å². The molecule has 0 aliphatic heterocycles. The van der Waals surface area contributed by atoms with Crippen LogP contribution in [0.5, 0.6) is 0 Å². The van der Waals surface area contributed by atoms with Crippen molar-refractivity contribution in [3.05, 3.63) is 100.0 Å². The number of benzene rings is 2. The minimum atomic E-state index is -1.15. The summed E-state index contributed by atoms with van der Waals surface area (Å²) in [5.41, 5.74) is 2.72. The lowest BCUT2D eigenvalue weighted by atomic mass is 9.97. The number of nitrogens with zero attached hydrogens (tertiary/aromatic N) is 2. The highest BCUT2D eigenvalue weighted by Crippen LogP contribution is 2.35. The van der Waals surface area contributed by atoms with Crippen LogP contribution in [0.4, 0.5) is 0 Å². The van der Waals surface area contributed by atoms with Crippen LogP contribution in [0.25, 0.3) is 11.1 Å². The van der Waals surface area contributed by atoms with Crippen molar-refractivity contribution < 1.29 is 29.0 Å².